The Bertz CT molecular complexity index is 565. The summed E-state index contributed by atoms with van der Waals surface area (Å²) in [5.41, 5.74) is 5.89. The number of nitrogens with one attached hydrogen (secondary N) is 1. The Balaban J connectivity index is 2.25. The minimum Gasteiger partial charge on any atom is -0.317 e. The van der Waals surface area contributed by atoms with Gasteiger partial charge in [0.2, 0.25) is 0 Å². The van der Waals surface area contributed by atoms with Crippen LogP contribution < -0.4 is 5.32 Å². The lowest BCUT2D eigenvalue weighted by atomic mass is 10.1. The van der Waals surface area contributed by atoms with Gasteiger partial charge in [0.05, 0.1) is 0 Å². The summed E-state index contributed by atoms with van der Waals surface area (Å²) in [5.74, 6) is 0.833. The van der Waals surface area contributed by atoms with Crippen molar-refractivity contribution < 1.29 is 0 Å². The molecule has 0 aliphatic rings. The van der Waals surface area contributed by atoms with E-state index in [9.17, 15) is 0 Å². The van der Waals surface area contributed by atoms with Crippen LogP contribution in [0, 0.1) is 13.8 Å². The quantitative estimate of drug-likeness (QED) is 0.825. The predicted molar refractivity (Wildman–Crippen MR) is 88.6 cm³/mol. The van der Waals surface area contributed by atoms with Crippen molar-refractivity contribution in [3.05, 3.63) is 46.8 Å². The molecule has 0 spiro atoms. The molecule has 2 aromatic rings. The molecule has 0 amide bonds. The van der Waals surface area contributed by atoms with Gasteiger partial charge in [-0.05, 0) is 50.9 Å². The number of hydrogen-bond donors (Lipinski definition) is 1. The van der Waals surface area contributed by atoms with Crippen LogP contribution in [0.5, 0.6) is 0 Å². The van der Waals surface area contributed by atoms with Crippen molar-refractivity contribution in [1.82, 2.24) is 15.3 Å². The summed E-state index contributed by atoms with van der Waals surface area (Å²) in [5, 5.41) is 3.35. The van der Waals surface area contributed by atoms with Crippen LogP contribution >= 0.6 is 0 Å². The van der Waals surface area contributed by atoms with Crippen molar-refractivity contribution in [2.75, 3.05) is 13.1 Å². The summed E-state index contributed by atoms with van der Waals surface area (Å²) < 4.78 is 0. The predicted octanol–water partition coefficient (Wildman–Crippen LogP) is 3.47. The van der Waals surface area contributed by atoms with Crippen molar-refractivity contribution >= 4 is 0 Å². The van der Waals surface area contributed by atoms with Crippen LogP contribution in [0.2, 0.25) is 0 Å². The van der Waals surface area contributed by atoms with Gasteiger partial charge in [-0.25, -0.2) is 9.97 Å². The Labute approximate surface area is 127 Å². The molecule has 1 aromatic carbocycles. The summed E-state index contributed by atoms with van der Waals surface area (Å²) in [4.78, 5) is 9.40. The maximum Gasteiger partial charge on any atom is 0.159 e. The molecular formula is C18H25N3. The summed E-state index contributed by atoms with van der Waals surface area (Å²) in [6.07, 6.45) is 2.04. The van der Waals surface area contributed by atoms with Crippen LogP contribution in [0.15, 0.2) is 24.3 Å². The van der Waals surface area contributed by atoms with Gasteiger partial charge in [0, 0.05) is 17.0 Å². The number of hydrogen-bond acceptors (Lipinski definition) is 3. The molecule has 112 valence electrons. The van der Waals surface area contributed by atoms with E-state index >= 15 is 0 Å². The molecule has 0 saturated carbocycles. The summed E-state index contributed by atoms with van der Waals surface area (Å²) in [7, 11) is 0. The van der Waals surface area contributed by atoms with Crippen molar-refractivity contribution in [1.29, 1.82) is 0 Å². The van der Waals surface area contributed by atoms with Gasteiger partial charge in [-0.15, -0.1) is 0 Å². The molecule has 0 radical (unpaired) electrons. The van der Waals surface area contributed by atoms with E-state index in [4.69, 9.17) is 9.97 Å². The first-order valence-corrected chi connectivity index (χ1v) is 7.79. The van der Waals surface area contributed by atoms with E-state index in [1.54, 1.807) is 0 Å². The number of aryl methyl sites for hydroxylation is 3. The van der Waals surface area contributed by atoms with E-state index in [1.165, 1.54) is 11.1 Å². The molecule has 1 heterocycles. The minimum atomic E-state index is 0.833. The zero-order valence-electron chi connectivity index (χ0n) is 13.5. The van der Waals surface area contributed by atoms with Crippen molar-refractivity contribution in [2.24, 2.45) is 0 Å². The Kier molecular flexibility index (Phi) is 5.45. The molecule has 0 atom stereocenters. The first kappa shape index (κ1) is 15.6. The van der Waals surface area contributed by atoms with Gasteiger partial charge in [0.1, 0.15) is 0 Å². The molecule has 1 aromatic heterocycles. The molecule has 0 aliphatic carbocycles. The first-order chi connectivity index (χ1) is 10.2. The van der Waals surface area contributed by atoms with Crippen molar-refractivity contribution in [3.63, 3.8) is 0 Å². The fourth-order valence-electron chi connectivity index (χ4n) is 2.51. The second-order valence-electron chi connectivity index (χ2n) is 5.35. The number of rotatable bonds is 6. The number of likely N-dealkylation sites (N-methyl/N-ethyl adjacent to an activating group) is 1. The lowest BCUT2D eigenvalue weighted by Gasteiger charge is -2.11. The van der Waals surface area contributed by atoms with E-state index in [0.717, 1.165) is 48.7 Å². The first-order valence-electron chi connectivity index (χ1n) is 7.79. The summed E-state index contributed by atoms with van der Waals surface area (Å²) in [6, 6.07) is 8.54. The molecule has 0 saturated heterocycles. The van der Waals surface area contributed by atoms with Gasteiger partial charge in [0.15, 0.2) is 5.82 Å². The molecule has 3 heteroatoms. The lowest BCUT2D eigenvalue weighted by Crippen LogP contribution is -2.17. The molecular weight excluding hydrogens is 258 g/mol. The second-order valence-corrected chi connectivity index (χ2v) is 5.35. The Morgan fingerprint density at radius 3 is 2.10 bits per heavy atom. The number of nitrogens with zero attached hydrogens (tertiary/aromatic N) is 2. The van der Waals surface area contributed by atoms with E-state index in [0.29, 0.717) is 0 Å². The van der Waals surface area contributed by atoms with Crippen molar-refractivity contribution in [3.8, 4) is 11.4 Å². The zero-order valence-corrected chi connectivity index (χ0v) is 13.5. The number of benzene rings is 1. The van der Waals surface area contributed by atoms with Gasteiger partial charge in [-0.3, -0.25) is 0 Å². The van der Waals surface area contributed by atoms with E-state index in [2.05, 4.69) is 57.3 Å². The average molecular weight is 283 g/mol. The van der Waals surface area contributed by atoms with E-state index in [-0.39, 0.29) is 0 Å². The molecule has 2 rings (SSSR count). The maximum atomic E-state index is 4.70. The molecule has 0 bridgehead atoms. The van der Waals surface area contributed by atoms with E-state index in [1.807, 2.05) is 0 Å². The molecule has 21 heavy (non-hydrogen) atoms. The Morgan fingerprint density at radius 1 is 0.952 bits per heavy atom. The molecule has 3 nitrogen and oxygen atoms in total. The Morgan fingerprint density at radius 2 is 1.57 bits per heavy atom. The van der Waals surface area contributed by atoms with Crippen LogP contribution in [0.1, 0.15) is 36.4 Å². The average Bonchev–Trinajstić information content (AvgIpc) is 2.50. The molecule has 1 N–H and O–H groups in total. The fourth-order valence-corrected chi connectivity index (χ4v) is 2.51. The SMILES string of the molecule is CCNCCc1c(C)nc(-c2ccc(CC)cc2)nc1C. The van der Waals surface area contributed by atoms with E-state index < -0.39 is 0 Å². The molecule has 0 aliphatic heterocycles. The molecule has 0 fully saturated rings. The van der Waals surface area contributed by atoms with Gasteiger partial charge in [-0.2, -0.15) is 0 Å². The monoisotopic (exact) mass is 283 g/mol. The highest BCUT2D eigenvalue weighted by Gasteiger charge is 2.09. The topological polar surface area (TPSA) is 37.8 Å². The molecule has 0 unspecified atom stereocenters. The maximum absolute atomic E-state index is 4.70. The van der Waals surface area contributed by atoms with Crippen LogP contribution in [0.4, 0.5) is 0 Å². The summed E-state index contributed by atoms with van der Waals surface area (Å²) >= 11 is 0. The van der Waals surface area contributed by atoms with Crippen molar-refractivity contribution in [2.45, 2.75) is 40.5 Å². The van der Waals surface area contributed by atoms with Gasteiger partial charge in [-0.1, -0.05) is 38.1 Å². The Hall–Kier alpha value is -1.74. The standard InChI is InChI=1S/C18H25N3/c1-5-15-7-9-16(10-8-15)18-20-13(3)17(14(4)21-18)11-12-19-6-2/h7-10,19H,5-6,11-12H2,1-4H3. The highest BCUT2D eigenvalue weighted by molar-refractivity contribution is 5.56. The third-order valence-electron chi connectivity index (χ3n) is 3.84. The summed E-state index contributed by atoms with van der Waals surface area (Å²) in [6.45, 7) is 10.4. The highest BCUT2D eigenvalue weighted by Crippen LogP contribution is 2.20. The smallest absolute Gasteiger partial charge is 0.159 e. The van der Waals surface area contributed by atoms with Crippen LogP contribution in [-0.4, -0.2) is 23.1 Å². The lowest BCUT2D eigenvalue weighted by molar-refractivity contribution is 0.708. The zero-order chi connectivity index (χ0) is 15.2. The van der Waals surface area contributed by atoms with Gasteiger partial charge in [0.25, 0.3) is 0 Å². The third kappa shape index (κ3) is 3.88. The third-order valence-corrected chi connectivity index (χ3v) is 3.84. The number of aromatic nitrogens is 2. The van der Waals surface area contributed by atoms with Gasteiger partial charge >= 0.3 is 0 Å². The van der Waals surface area contributed by atoms with Gasteiger partial charge < -0.3 is 5.32 Å². The minimum absolute atomic E-state index is 0.833. The van der Waals surface area contributed by atoms with Crippen LogP contribution in [0.3, 0.4) is 0 Å². The normalized spacial score (nSPS) is 10.9. The highest BCUT2D eigenvalue weighted by atomic mass is 14.9. The second kappa shape index (κ2) is 7.32. The van der Waals surface area contributed by atoms with Crippen LogP contribution in [-0.2, 0) is 12.8 Å². The largest absolute Gasteiger partial charge is 0.317 e. The van der Waals surface area contributed by atoms with Crippen LogP contribution in [0.25, 0.3) is 11.4 Å². The fraction of sp³-hybridized carbons (Fsp3) is 0.444.